The molecule has 278 valence electrons. The number of esters is 2. The van der Waals surface area contributed by atoms with E-state index >= 15 is 0 Å². The van der Waals surface area contributed by atoms with Crippen molar-refractivity contribution in [3.05, 3.63) is 48.6 Å². The Morgan fingerprint density at radius 3 is 1.33 bits per heavy atom. The molecule has 0 aromatic heterocycles. The van der Waals surface area contributed by atoms with Crippen LogP contribution in [0.5, 0.6) is 0 Å². The van der Waals surface area contributed by atoms with Gasteiger partial charge in [0.1, 0.15) is 19.3 Å². The SMILES string of the molecule is CC(C)CCCCCCCCCCCCCCCC(=O)OC[C@H](O)COC(=O)CCC/C=C\C/C=C\C/C=C\C/C=C\CCCCCO. The Balaban J connectivity index is 3.53. The minimum atomic E-state index is -0.992. The van der Waals surface area contributed by atoms with Crippen LogP contribution in [0.3, 0.4) is 0 Å². The third-order valence-electron chi connectivity index (χ3n) is 8.30. The maximum absolute atomic E-state index is 12.0. The smallest absolute Gasteiger partial charge is 0.305 e. The summed E-state index contributed by atoms with van der Waals surface area (Å²) in [7, 11) is 0. The zero-order valence-electron chi connectivity index (χ0n) is 31.1. The topological polar surface area (TPSA) is 93.1 Å². The fourth-order valence-electron chi connectivity index (χ4n) is 5.30. The van der Waals surface area contributed by atoms with Gasteiger partial charge >= 0.3 is 11.9 Å². The molecule has 0 heterocycles. The van der Waals surface area contributed by atoms with Crippen LogP contribution in [0.2, 0.25) is 0 Å². The first-order valence-electron chi connectivity index (χ1n) is 19.7. The fourth-order valence-corrected chi connectivity index (χ4v) is 5.30. The largest absolute Gasteiger partial charge is 0.463 e. The van der Waals surface area contributed by atoms with Crippen molar-refractivity contribution in [2.45, 2.75) is 180 Å². The van der Waals surface area contributed by atoms with Gasteiger partial charge in [0, 0.05) is 19.4 Å². The van der Waals surface area contributed by atoms with Crippen LogP contribution in [0.15, 0.2) is 48.6 Å². The number of allylic oxidation sites excluding steroid dienone is 8. The standard InChI is InChI=1S/C42H74O6/c1-39(2)33-29-25-21-17-13-9-8-11-15-19-23-27-31-35-42(46)48-38-40(44)37-47-41(45)34-30-26-22-18-14-10-6-4-3-5-7-12-16-20-24-28-32-36-43/h3,5-6,10,12,16,18,22,39-40,43-44H,4,7-9,11,13-15,17,19-21,23-38H2,1-2H3/b5-3-,10-6-,16-12-,22-18-/t40-/m1/s1. The summed E-state index contributed by atoms with van der Waals surface area (Å²) < 4.78 is 10.3. The van der Waals surface area contributed by atoms with Gasteiger partial charge in [-0.2, -0.15) is 0 Å². The number of carbonyl (C=O) groups is 2. The summed E-state index contributed by atoms with van der Waals surface area (Å²) in [5.74, 6) is 0.200. The molecular formula is C42H74O6. The van der Waals surface area contributed by atoms with E-state index in [2.05, 4.69) is 62.5 Å². The first kappa shape index (κ1) is 45.8. The zero-order valence-corrected chi connectivity index (χ0v) is 31.1. The lowest BCUT2D eigenvalue weighted by Gasteiger charge is -2.12. The van der Waals surface area contributed by atoms with E-state index in [1.165, 1.54) is 70.6 Å². The second-order valence-corrected chi connectivity index (χ2v) is 13.6. The van der Waals surface area contributed by atoms with Gasteiger partial charge in [-0.3, -0.25) is 9.59 Å². The number of hydrogen-bond donors (Lipinski definition) is 2. The third-order valence-corrected chi connectivity index (χ3v) is 8.30. The Morgan fingerprint density at radius 1 is 0.500 bits per heavy atom. The lowest BCUT2D eigenvalue weighted by molar-refractivity contribution is -0.152. The fraction of sp³-hybridized carbons (Fsp3) is 0.762. The van der Waals surface area contributed by atoms with Crippen molar-refractivity contribution in [2.24, 2.45) is 5.92 Å². The molecule has 0 spiro atoms. The summed E-state index contributed by atoms with van der Waals surface area (Å²) in [5.41, 5.74) is 0. The van der Waals surface area contributed by atoms with Crippen molar-refractivity contribution >= 4 is 11.9 Å². The number of aliphatic hydroxyl groups is 2. The Labute approximate surface area is 295 Å². The first-order valence-corrected chi connectivity index (χ1v) is 19.7. The van der Waals surface area contributed by atoms with Gasteiger partial charge in [0.05, 0.1) is 0 Å². The number of unbranched alkanes of at least 4 members (excludes halogenated alkanes) is 16. The van der Waals surface area contributed by atoms with Crippen molar-refractivity contribution in [1.82, 2.24) is 0 Å². The van der Waals surface area contributed by atoms with E-state index in [9.17, 15) is 14.7 Å². The molecule has 0 aromatic carbocycles. The van der Waals surface area contributed by atoms with E-state index in [1.807, 2.05) is 0 Å². The molecule has 0 aromatic rings. The number of aliphatic hydroxyl groups excluding tert-OH is 2. The van der Waals surface area contributed by atoms with E-state index in [0.717, 1.165) is 76.5 Å². The molecule has 0 saturated carbocycles. The molecule has 1 atom stereocenters. The normalized spacial score (nSPS) is 12.8. The first-order chi connectivity index (χ1) is 23.5. The van der Waals surface area contributed by atoms with Gasteiger partial charge in [-0.1, -0.05) is 152 Å². The van der Waals surface area contributed by atoms with Gasteiger partial charge in [0.15, 0.2) is 0 Å². The maximum Gasteiger partial charge on any atom is 0.305 e. The summed E-state index contributed by atoms with van der Waals surface area (Å²) in [6.07, 6.45) is 43.2. The van der Waals surface area contributed by atoms with Crippen LogP contribution in [-0.4, -0.2) is 48.1 Å². The Bertz CT molecular complexity index is 828. The second kappa shape index (κ2) is 37.6. The molecule has 0 rings (SSSR count). The molecule has 0 amide bonds. The molecule has 0 saturated heterocycles. The minimum Gasteiger partial charge on any atom is -0.463 e. The Morgan fingerprint density at radius 2 is 0.875 bits per heavy atom. The third kappa shape index (κ3) is 38.3. The van der Waals surface area contributed by atoms with E-state index in [1.54, 1.807) is 0 Å². The van der Waals surface area contributed by atoms with Crippen LogP contribution in [0, 0.1) is 5.92 Å². The highest BCUT2D eigenvalue weighted by molar-refractivity contribution is 5.69. The highest BCUT2D eigenvalue weighted by Gasteiger charge is 2.12. The molecule has 0 unspecified atom stereocenters. The van der Waals surface area contributed by atoms with Crippen LogP contribution in [0.1, 0.15) is 174 Å². The predicted octanol–water partition coefficient (Wildman–Crippen LogP) is 11.1. The van der Waals surface area contributed by atoms with Gasteiger partial charge < -0.3 is 19.7 Å². The summed E-state index contributed by atoms with van der Waals surface area (Å²) >= 11 is 0. The highest BCUT2D eigenvalue weighted by Crippen LogP contribution is 2.15. The number of carbonyl (C=O) groups excluding carboxylic acids is 2. The van der Waals surface area contributed by atoms with Crippen molar-refractivity contribution in [1.29, 1.82) is 0 Å². The number of hydrogen-bond acceptors (Lipinski definition) is 6. The molecule has 0 aliphatic rings. The lowest BCUT2D eigenvalue weighted by atomic mass is 10.0. The Hall–Kier alpha value is -2.18. The molecule has 48 heavy (non-hydrogen) atoms. The van der Waals surface area contributed by atoms with Gasteiger partial charge in [-0.15, -0.1) is 0 Å². The highest BCUT2D eigenvalue weighted by atomic mass is 16.6. The van der Waals surface area contributed by atoms with E-state index < -0.39 is 6.10 Å². The van der Waals surface area contributed by atoms with Crippen LogP contribution in [0.25, 0.3) is 0 Å². The molecule has 0 bridgehead atoms. The minimum absolute atomic E-state index is 0.139. The van der Waals surface area contributed by atoms with Crippen molar-refractivity contribution < 1.29 is 29.3 Å². The van der Waals surface area contributed by atoms with Crippen molar-refractivity contribution in [2.75, 3.05) is 19.8 Å². The van der Waals surface area contributed by atoms with E-state index in [-0.39, 0.29) is 25.2 Å². The van der Waals surface area contributed by atoms with Gasteiger partial charge in [0.25, 0.3) is 0 Å². The predicted molar refractivity (Wildman–Crippen MR) is 202 cm³/mol. The molecule has 0 aliphatic heterocycles. The molecule has 6 nitrogen and oxygen atoms in total. The van der Waals surface area contributed by atoms with Crippen molar-refractivity contribution in [3.63, 3.8) is 0 Å². The Kier molecular flexibility index (Phi) is 35.9. The number of ether oxygens (including phenoxy) is 2. The average molecular weight is 675 g/mol. The van der Waals surface area contributed by atoms with Gasteiger partial charge in [-0.05, 0) is 63.7 Å². The van der Waals surface area contributed by atoms with E-state index in [4.69, 9.17) is 14.6 Å². The molecule has 0 fully saturated rings. The average Bonchev–Trinajstić information content (AvgIpc) is 3.07. The van der Waals surface area contributed by atoms with Gasteiger partial charge in [0.2, 0.25) is 0 Å². The molecule has 2 N–H and O–H groups in total. The van der Waals surface area contributed by atoms with Gasteiger partial charge in [-0.25, -0.2) is 0 Å². The molecular weight excluding hydrogens is 600 g/mol. The molecule has 6 heteroatoms. The van der Waals surface area contributed by atoms with Crippen molar-refractivity contribution in [3.8, 4) is 0 Å². The summed E-state index contributed by atoms with van der Waals surface area (Å²) in [6, 6.07) is 0. The van der Waals surface area contributed by atoms with Crippen LogP contribution >= 0.6 is 0 Å². The summed E-state index contributed by atoms with van der Waals surface area (Å²) in [6.45, 7) is 4.62. The van der Waals surface area contributed by atoms with E-state index in [0.29, 0.717) is 25.9 Å². The van der Waals surface area contributed by atoms with Crippen LogP contribution in [0.4, 0.5) is 0 Å². The monoisotopic (exact) mass is 675 g/mol. The van der Waals surface area contributed by atoms with Crippen LogP contribution in [-0.2, 0) is 19.1 Å². The summed E-state index contributed by atoms with van der Waals surface area (Å²) in [4.78, 5) is 23.9. The summed E-state index contributed by atoms with van der Waals surface area (Å²) in [5, 5.41) is 18.8. The zero-order chi connectivity index (χ0) is 35.2. The van der Waals surface area contributed by atoms with Crippen LogP contribution < -0.4 is 0 Å². The molecule has 0 aliphatic carbocycles. The maximum atomic E-state index is 12.0. The lowest BCUT2D eigenvalue weighted by Crippen LogP contribution is -2.25. The molecule has 0 radical (unpaired) electrons. The second-order valence-electron chi connectivity index (χ2n) is 13.6. The number of rotatable bonds is 35. The quantitative estimate of drug-likeness (QED) is 0.0395.